The summed E-state index contributed by atoms with van der Waals surface area (Å²) in [5.41, 5.74) is 1.86. The van der Waals surface area contributed by atoms with Crippen LogP contribution in [0.25, 0.3) is 0 Å². The molecule has 3 rings (SSSR count). The highest BCUT2D eigenvalue weighted by Gasteiger charge is 2.30. The maximum atomic E-state index is 13.2. The number of pyridine rings is 2. The summed E-state index contributed by atoms with van der Waals surface area (Å²) in [6, 6.07) is 13.3. The van der Waals surface area contributed by atoms with Crippen LogP contribution >= 0.6 is 0 Å². The minimum atomic E-state index is -3.72. The number of benzene rings is 1. The molecule has 3 aromatic rings. The fraction of sp³-hybridized carbons (Fsp3) is 0.150. The molecule has 0 spiro atoms. The first-order chi connectivity index (χ1) is 13.0. The number of hydrogen-bond acceptors (Lipinski definition) is 5. The fourth-order valence-corrected chi connectivity index (χ4v) is 4.29. The number of carbonyl (C=O) groups excluding carboxylic acids is 1. The van der Waals surface area contributed by atoms with Gasteiger partial charge in [0.25, 0.3) is 5.91 Å². The van der Waals surface area contributed by atoms with Crippen LogP contribution in [0.15, 0.2) is 78.2 Å². The minimum absolute atomic E-state index is 0.0738. The van der Waals surface area contributed by atoms with Crippen LogP contribution in [0.5, 0.6) is 0 Å². The van der Waals surface area contributed by atoms with Crippen LogP contribution in [0.4, 0.5) is 0 Å². The Kier molecular flexibility index (Phi) is 5.61. The molecule has 7 heteroatoms. The highest BCUT2D eigenvalue weighted by molar-refractivity contribution is 7.91. The third-order valence-corrected chi connectivity index (χ3v) is 6.27. The summed E-state index contributed by atoms with van der Waals surface area (Å²) >= 11 is 0. The molecule has 138 valence electrons. The number of nitrogens with one attached hydrogen (secondary N) is 1. The van der Waals surface area contributed by atoms with Gasteiger partial charge < -0.3 is 5.32 Å². The highest BCUT2D eigenvalue weighted by atomic mass is 32.2. The van der Waals surface area contributed by atoms with Gasteiger partial charge in [0.2, 0.25) is 0 Å². The molecule has 0 fully saturated rings. The molecular weight excluding hydrogens is 362 g/mol. The number of aryl methyl sites for hydroxylation is 1. The summed E-state index contributed by atoms with van der Waals surface area (Å²) in [7, 11) is -3.72. The Hall–Kier alpha value is -3.06. The lowest BCUT2D eigenvalue weighted by Crippen LogP contribution is -2.32. The van der Waals surface area contributed by atoms with E-state index in [1.54, 1.807) is 60.9 Å². The standard InChI is InChI=1S/C20H19N3O3S/c1-15-6-8-18(9-7-15)27(25,26)19(16-4-2-10-21-12-16)14-23-20(24)17-5-3-11-22-13-17/h2-13,19H,14H2,1H3,(H,23,24)/t19-/m1/s1. The van der Waals surface area contributed by atoms with Crippen molar-refractivity contribution in [3.8, 4) is 0 Å². The lowest BCUT2D eigenvalue weighted by molar-refractivity contribution is 0.0953. The summed E-state index contributed by atoms with van der Waals surface area (Å²) in [4.78, 5) is 20.5. The first-order valence-electron chi connectivity index (χ1n) is 8.37. The van der Waals surface area contributed by atoms with Gasteiger partial charge in [-0.3, -0.25) is 14.8 Å². The molecule has 1 amide bonds. The molecule has 2 heterocycles. The Bertz CT molecular complexity index is 1010. The second-order valence-corrected chi connectivity index (χ2v) is 8.22. The van der Waals surface area contributed by atoms with E-state index in [1.165, 1.54) is 12.4 Å². The Balaban J connectivity index is 1.90. The number of amides is 1. The van der Waals surface area contributed by atoms with Crippen molar-refractivity contribution < 1.29 is 13.2 Å². The van der Waals surface area contributed by atoms with Crippen LogP contribution in [0, 0.1) is 6.92 Å². The fourth-order valence-electron chi connectivity index (χ4n) is 2.65. The van der Waals surface area contributed by atoms with Crippen molar-refractivity contribution >= 4 is 15.7 Å². The lowest BCUT2D eigenvalue weighted by Gasteiger charge is -2.19. The van der Waals surface area contributed by atoms with Crippen LogP contribution in [-0.4, -0.2) is 30.8 Å². The van der Waals surface area contributed by atoms with Crippen molar-refractivity contribution in [3.05, 3.63) is 90.0 Å². The molecule has 1 atom stereocenters. The van der Waals surface area contributed by atoms with Gasteiger partial charge in [-0.15, -0.1) is 0 Å². The number of rotatable bonds is 6. The summed E-state index contributed by atoms with van der Waals surface area (Å²) in [5.74, 6) is -0.379. The van der Waals surface area contributed by atoms with Gasteiger partial charge in [0, 0.05) is 31.3 Å². The average molecular weight is 381 g/mol. The van der Waals surface area contributed by atoms with E-state index in [4.69, 9.17) is 0 Å². The molecule has 0 saturated carbocycles. The van der Waals surface area contributed by atoms with E-state index in [-0.39, 0.29) is 17.3 Å². The van der Waals surface area contributed by atoms with Gasteiger partial charge in [-0.05, 0) is 42.8 Å². The van der Waals surface area contributed by atoms with E-state index in [0.717, 1.165) is 5.56 Å². The molecule has 1 N–H and O–H groups in total. The summed E-state index contributed by atoms with van der Waals surface area (Å²) in [6.07, 6.45) is 6.08. The Morgan fingerprint density at radius 3 is 2.26 bits per heavy atom. The SMILES string of the molecule is Cc1ccc(S(=O)(=O)[C@H](CNC(=O)c2cccnc2)c2cccnc2)cc1. The third-order valence-electron chi connectivity index (χ3n) is 4.15. The van der Waals surface area contributed by atoms with Crippen molar-refractivity contribution in [2.24, 2.45) is 0 Å². The van der Waals surface area contributed by atoms with Crippen LogP contribution < -0.4 is 5.32 Å². The van der Waals surface area contributed by atoms with Crippen molar-refractivity contribution in [2.75, 3.05) is 6.54 Å². The zero-order valence-corrected chi connectivity index (χ0v) is 15.6. The first kappa shape index (κ1) is 18.7. The number of hydrogen-bond donors (Lipinski definition) is 1. The Morgan fingerprint density at radius 2 is 1.67 bits per heavy atom. The number of nitrogens with zero attached hydrogens (tertiary/aromatic N) is 2. The summed E-state index contributed by atoms with van der Waals surface area (Å²) in [5, 5.41) is 1.75. The normalized spacial score (nSPS) is 12.3. The van der Waals surface area contributed by atoms with E-state index in [2.05, 4.69) is 15.3 Å². The van der Waals surface area contributed by atoms with Gasteiger partial charge in [0.15, 0.2) is 9.84 Å². The quantitative estimate of drug-likeness (QED) is 0.709. The molecule has 0 aliphatic heterocycles. The van der Waals surface area contributed by atoms with Gasteiger partial charge in [-0.1, -0.05) is 23.8 Å². The predicted molar refractivity (Wildman–Crippen MR) is 102 cm³/mol. The van der Waals surface area contributed by atoms with Crippen LogP contribution in [-0.2, 0) is 9.84 Å². The molecule has 6 nitrogen and oxygen atoms in total. The molecule has 0 radical (unpaired) electrons. The number of sulfone groups is 1. The van der Waals surface area contributed by atoms with Crippen LogP contribution in [0.1, 0.15) is 26.7 Å². The minimum Gasteiger partial charge on any atom is -0.350 e. The second-order valence-electron chi connectivity index (χ2n) is 6.08. The molecule has 0 unspecified atom stereocenters. The first-order valence-corrected chi connectivity index (χ1v) is 9.92. The van der Waals surface area contributed by atoms with Crippen LogP contribution in [0.3, 0.4) is 0 Å². The summed E-state index contributed by atoms with van der Waals surface area (Å²) < 4.78 is 26.4. The Morgan fingerprint density at radius 1 is 1.00 bits per heavy atom. The molecule has 2 aromatic heterocycles. The van der Waals surface area contributed by atoms with Crippen LogP contribution in [0.2, 0.25) is 0 Å². The zero-order chi connectivity index (χ0) is 19.3. The number of aromatic nitrogens is 2. The Labute approximate surface area is 158 Å². The lowest BCUT2D eigenvalue weighted by atomic mass is 10.2. The van der Waals surface area contributed by atoms with E-state index in [0.29, 0.717) is 11.1 Å². The smallest absolute Gasteiger partial charge is 0.252 e. The van der Waals surface area contributed by atoms with E-state index in [9.17, 15) is 13.2 Å². The topological polar surface area (TPSA) is 89.0 Å². The van der Waals surface area contributed by atoms with Gasteiger partial charge >= 0.3 is 0 Å². The van der Waals surface area contributed by atoms with Crippen molar-refractivity contribution in [3.63, 3.8) is 0 Å². The molecule has 0 bridgehead atoms. The number of carbonyl (C=O) groups is 1. The molecule has 0 saturated heterocycles. The molecule has 27 heavy (non-hydrogen) atoms. The monoisotopic (exact) mass is 381 g/mol. The molecular formula is C20H19N3O3S. The van der Waals surface area contributed by atoms with Gasteiger partial charge in [0.1, 0.15) is 5.25 Å². The average Bonchev–Trinajstić information content (AvgIpc) is 2.69. The van der Waals surface area contributed by atoms with Gasteiger partial charge in [0.05, 0.1) is 10.5 Å². The largest absolute Gasteiger partial charge is 0.350 e. The zero-order valence-electron chi connectivity index (χ0n) is 14.7. The predicted octanol–water partition coefficient (Wildman–Crippen LogP) is 2.73. The highest BCUT2D eigenvalue weighted by Crippen LogP contribution is 2.28. The molecule has 0 aliphatic rings. The van der Waals surface area contributed by atoms with E-state index >= 15 is 0 Å². The van der Waals surface area contributed by atoms with Gasteiger partial charge in [-0.2, -0.15) is 0 Å². The van der Waals surface area contributed by atoms with Crippen molar-refractivity contribution in [2.45, 2.75) is 17.1 Å². The maximum Gasteiger partial charge on any atom is 0.252 e. The van der Waals surface area contributed by atoms with E-state index in [1.807, 2.05) is 6.92 Å². The molecule has 0 aliphatic carbocycles. The summed E-state index contributed by atoms with van der Waals surface area (Å²) in [6.45, 7) is 1.82. The second kappa shape index (κ2) is 8.09. The maximum absolute atomic E-state index is 13.2. The third kappa shape index (κ3) is 4.38. The van der Waals surface area contributed by atoms with E-state index < -0.39 is 15.1 Å². The van der Waals surface area contributed by atoms with Crippen molar-refractivity contribution in [1.29, 1.82) is 0 Å². The van der Waals surface area contributed by atoms with Gasteiger partial charge in [-0.25, -0.2) is 8.42 Å². The van der Waals surface area contributed by atoms with Crippen molar-refractivity contribution in [1.82, 2.24) is 15.3 Å². The molecule has 1 aromatic carbocycles.